The number of hydrogen-bond acceptors (Lipinski definition) is 5. The number of para-hydroxylation sites is 1. The molecule has 1 aliphatic heterocycles. The smallest absolute Gasteiger partial charge is 0.224 e. The molecule has 7 nitrogen and oxygen atoms in total. The number of aromatic nitrogens is 3. The van der Waals surface area contributed by atoms with Crippen LogP contribution in [0.4, 0.5) is 5.95 Å². The van der Waals surface area contributed by atoms with Crippen molar-refractivity contribution in [2.24, 2.45) is 5.92 Å². The number of nitrogens with one attached hydrogen (secondary N) is 4. The van der Waals surface area contributed by atoms with Crippen molar-refractivity contribution < 1.29 is 4.79 Å². The zero-order chi connectivity index (χ0) is 21.9. The minimum Gasteiger partial charge on any atom is -0.360 e. The first-order valence-corrected chi connectivity index (χ1v) is 11.9. The van der Waals surface area contributed by atoms with Crippen LogP contribution < -0.4 is 16.0 Å². The van der Waals surface area contributed by atoms with Gasteiger partial charge in [0.25, 0.3) is 0 Å². The van der Waals surface area contributed by atoms with Gasteiger partial charge in [0.1, 0.15) is 0 Å². The van der Waals surface area contributed by atoms with Gasteiger partial charge in [-0.2, -0.15) is 0 Å². The highest BCUT2D eigenvalue weighted by Crippen LogP contribution is 2.32. The van der Waals surface area contributed by atoms with E-state index in [0.717, 1.165) is 73.8 Å². The molecule has 1 atom stereocenters. The zero-order valence-electron chi connectivity index (χ0n) is 18.4. The molecule has 1 unspecified atom stereocenters. The molecule has 3 heterocycles. The molecule has 1 aromatic carbocycles. The minimum atomic E-state index is 0. The molecule has 1 amide bonds. The third-order valence-electron chi connectivity index (χ3n) is 6.66. The summed E-state index contributed by atoms with van der Waals surface area (Å²) in [5, 5.41) is 11.7. The van der Waals surface area contributed by atoms with Crippen molar-refractivity contribution >= 4 is 46.8 Å². The number of aromatic amines is 1. The van der Waals surface area contributed by atoms with E-state index in [9.17, 15) is 4.79 Å². The maximum Gasteiger partial charge on any atom is 0.224 e. The normalized spacial score (nSPS) is 23.0. The summed E-state index contributed by atoms with van der Waals surface area (Å²) in [4.78, 5) is 24.9. The van der Waals surface area contributed by atoms with Gasteiger partial charge in [-0.25, -0.2) is 9.97 Å². The molecule has 2 fully saturated rings. The third-order valence-corrected chi connectivity index (χ3v) is 6.94. The second-order valence-corrected chi connectivity index (χ2v) is 9.29. The predicted octanol–water partition coefficient (Wildman–Crippen LogP) is 4.54. The fourth-order valence-electron chi connectivity index (χ4n) is 4.85. The SMILES string of the molecule is Cl.O=C(NC1CCC(Nc2ncc(Cl)c(-c3c[nH]c4ccccc34)n2)CC1)C1CCCNC1. The highest BCUT2D eigenvalue weighted by molar-refractivity contribution is 6.33. The van der Waals surface area contributed by atoms with Crippen molar-refractivity contribution in [3.05, 3.63) is 41.7 Å². The van der Waals surface area contributed by atoms with E-state index in [1.54, 1.807) is 6.20 Å². The van der Waals surface area contributed by atoms with Gasteiger partial charge in [0.2, 0.25) is 11.9 Å². The Morgan fingerprint density at radius 3 is 2.67 bits per heavy atom. The van der Waals surface area contributed by atoms with Gasteiger partial charge in [0.05, 0.1) is 22.8 Å². The molecule has 3 aromatic rings. The molecule has 2 aliphatic rings. The van der Waals surface area contributed by atoms with E-state index >= 15 is 0 Å². The number of carbonyl (C=O) groups is 1. The van der Waals surface area contributed by atoms with Crippen LogP contribution in [-0.2, 0) is 4.79 Å². The zero-order valence-corrected chi connectivity index (χ0v) is 20.0. The van der Waals surface area contributed by atoms with Crippen LogP contribution in [0.3, 0.4) is 0 Å². The first kappa shape index (κ1) is 23.8. The van der Waals surface area contributed by atoms with Crippen LogP contribution in [0, 0.1) is 5.92 Å². The van der Waals surface area contributed by atoms with E-state index in [1.165, 1.54) is 0 Å². The summed E-state index contributed by atoms with van der Waals surface area (Å²) in [5.74, 6) is 0.915. The lowest BCUT2D eigenvalue weighted by Gasteiger charge is -2.31. The van der Waals surface area contributed by atoms with Gasteiger partial charge >= 0.3 is 0 Å². The number of rotatable bonds is 5. The van der Waals surface area contributed by atoms with Crippen molar-refractivity contribution in [2.45, 2.75) is 50.6 Å². The highest BCUT2D eigenvalue weighted by atomic mass is 35.5. The average Bonchev–Trinajstić information content (AvgIpc) is 3.26. The predicted molar refractivity (Wildman–Crippen MR) is 135 cm³/mol. The fourth-order valence-corrected chi connectivity index (χ4v) is 5.05. The van der Waals surface area contributed by atoms with Crippen molar-refractivity contribution in [3.63, 3.8) is 0 Å². The Labute approximate surface area is 204 Å². The molecule has 176 valence electrons. The van der Waals surface area contributed by atoms with Gasteiger partial charge in [-0.05, 0) is 51.1 Å². The topological polar surface area (TPSA) is 94.7 Å². The van der Waals surface area contributed by atoms with Gasteiger partial charge in [-0.15, -0.1) is 12.4 Å². The van der Waals surface area contributed by atoms with Gasteiger partial charge < -0.3 is 20.9 Å². The van der Waals surface area contributed by atoms with E-state index < -0.39 is 0 Å². The fraction of sp³-hybridized carbons (Fsp3) is 0.458. The van der Waals surface area contributed by atoms with Crippen LogP contribution in [0.25, 0.3) is 22.2 Å². The van der Waals surface area contributed by atoms with E-state index in [4.69, 9.17) is 16.6 Å². The van der Waals surface area contributed by atoms with E-state index in [0.29, 0.717) is 11.0 Å². The maximum atomic E-state index is 12.5. The summed E-state index contributed by atoms with van der Waals surface area (Å²) in [6.45, 7) is 1.82. The molecule has 5 rings (SSSR count). The number of H-pyrrole nitrogens is 1. The van der Waals surface area contributed by atoms with E-state index in [1.807, 2.05) is 24.4 Å². The van der Waals surface area contributed by atoms with Crippen LogP contribution in [-0.4, -0.2) is 46.0 Å². The number of benzene rings is 1. The standard InChI is InChI=1S/C24H29ClN6O.ClH/c25-20-14-28-24(31-22(20)19-13-27-21-6-2-1-5-18(19)21)30-17-9-7-16(8-10-17)29-23(32)15-4-3-11-26-12-15;/h1-2,5-6,13-17,26-27H,3-4,7-12H2,(H,29,32)(H,28,30,31);1H. The Bertz CT molecular complexity index is 1090. The van der Waals surface area contributed by atoms with Crippen molar-refractivity contribution in [1.82, 2.24) is 25.6 Å². The number of carbonyl (C=O) groups excluding carboxylic acids is 1. The lowest BCUT2D eigenvalue weighted by Crippen LogP contribution is -2.46. The maximum absolute atomic E-state index is 12.5. The van der Waals surface area contributed by atoms with Crippen molar-refractivity contribution in [1.29, 1.82) is 0 Å². The van der Waals surface area contributed by atoms with Crippen LogP contribution in [0.15, 0.2) is 36.7 Å². The number of halogens is 2. The van der Waals surface area contributed by atoms with Crippen LogP contribution in [0.2, 0.25) is 5.02 Å². The van der Waals surface area contributed by atoms with E-state index in [-0.39, 0.29) is 36.3 Å². The summed E-state index contributed by atoms with van der Waals surface area (Å²) >= 11 is 6.45. The lowest BCUT2D eigenvalue weighted by molar-refractivity contribution is -0.126. The van der Waals surface area contributed by atoms with Gasteiger partial charge in [0.15, 0.2) is 0 Å². The molecule has 1 saturated carbocycles. The molecule has 2 aromatic heterocycles. The number of fused-ring (bicyclic) bond motifs is 1. The molecule has 0 radical (unpaired) electrons. The molecule has 9 heteroatoms. The quantitative estimate of drug-likeness (QED) is 0.422. The van der Waals surface area contributed by atoms with Crippen LogP contribution in [0.1, 0.15) is 38.5 Å². The molecule has 1 saturated heterocycles. The summed E-state index contributed by atoms with van der Waals surface area (Å²) in [6, 6.07) is 8.66. The average molecular weight is 489 g/mol. The van der Waals surface area contributed by atoms with E-state index in [2.05, 4.69) is 32.0 Å². The van der Waals surface area contributed by atoms with Gasteiger partial charge in [-0.3, -0.25) is 4.79 Å². The monoisotopic (exact) mass is 488 g/mol. The second-order valence-electron chi connectivity index (χ2n) is 8.88. The molecular formula is C24H30Cl2N6O. The van der Waals surface area contributed by atoms with Crippen LogP contribution >= 0.6 is 24.0 Å². The number of anilines is 1. The molecule has 33 heavy (non-hydrogen) atoms. The summed E-state index contributed by atoms with van der Waals surface area (Å²) in [6.07, 6.45) is 9.55. The Morgan fingerprint density at radius 2 is 1.88 bits per heavy atom. The third kappa shape index (κ3) is 5.42. The van der Waals surface area contributed by atoms with Gasteiger partial charge in [-0.1, -0.05) is 29.8 Å². The van der Waals surface area contributed by atoms with Crippen LogP contribution in [0.5, 0.6) is 0 Å². The number of piperidine rings is 1. The molecular weight excluding hydrogens is 459 g/mol. The largest absolute Gasteiger partial charge is 0.360 e. The number of nitrogens with zero attached hydrogens (tertiary/aromatic N) is 2. The summed E-state index contributed by atoms with van der Waals surface area (Å²) in [5.41, 5.74) is 2.75. The Hall–Kier alpha value is -2.35. The second kappa shape index (κ2) is 10.7. The summed E-state index contributed by atoms with van der Waals surface area (Å²) in [7, 11) is 0. The Kier molecular flexibility index (Phi) is 7.73. The highest BCUT2D eigenvalue weighted by Gasteiger charge is 2.27. The summed E-state index contributed by atoms with van der Waals surface area (Å²) < 4.78 is 0. The lowest BCUT2D eigenvalue weighted by atomic mass is 9.90. The molecule has 0 bridgehead atoms. The molecule has 4 N–H and O–H groups in total. The van der Waals surface area contributed by atoms with Crippen molar-refractivity contribution in [2.75, 3.05) is 18.4 Å². The Morgan fingerprint density at radius 1 is 1.09 bits per heavy atom. The van der Waals surface area contributed by atoms with Crippen molar-refractivity contribution in [3.8, 4) is 11.3 Å². The first-order valence-electron chi connectivity index (χ1n) is 11.5. The minimum absolute atomic E-state index is 0. The van der Waals surface area contributed by atoms with Gasteiger partial charge in [0, 0.05) is 41.3 Å². The molecule has 1 aliphatic carbocycles. The number of hydrogen-bond donors (Lipinski definition) is 4. The number of amides is 1. The Balaban J connectivity index is 0.00000259. The first-order chi connectivity index (χ1) is 15.7. The molecule has 0 spiro atoms.